The first kappa shape index (κ1) is 33.3. The van der Waals surface area contributed by atoms with Crippen LogP contribution in [0.3, 0.4) is 0 Å². The minimum atomic E-state index is 0.874. The Bertz CT molecular complexity index is 3840. The zero-order valence-corrected chi connectivity index (χ0v) is 33.2. The van der Waals surface area contributed by atoms with Crippen LogP contribution in [0.5, 0.6) is 0 Å². The van der Waals surface area contributed by atoms with E-state index >= 15 is 0 Å². The van der Waals surface area contributed by atoms with Crippen LogP contribution in [0.1, 0.15) is 0 Å². The van der Waals surface area contributed by atoms with Crippen molar-refractivity contribution in [3.8, 4) is 16.8 Å². The van der Waals surface area contributed by atoms with Crippen LogP contribution in [0.25, 0.3) is 102 Å². The highest BCUT2D eigenvalue weighted by Crippen LogP contribution is 2.49. The van der Waals surface area contributed by atoms with Crippen LogP contribution >= 0.6 is 11.3 Å². The second-order valence-corrected chi connectivity index (χ2v) is 16.7. The predicted molar refractivity (Wildman–Crippen MR) is 256 cm³/mol. The number of benzene rings is 10. The van der Waals surface area contributed by atoms with Gasteiger partial charge in [0.15, 0.2) is 0 Å². The molecule has 0 saturated heterocycles. The monoisotopic (exact) mass is 782 g/mol. The minimum absolute atomic E-state index is 0.874. The molecule has 0 atom stereocenters. The highest BCUT2D eigenvalue weighted by Gasteiger charge is 2.25. The highest BCUT2D eigenvalue weighted by atomic mass is 32.1. The maximum Gasteiger partial charge on any atom is 0.138 e. The van der Waals surface area contributed by atoms with E-state index in [9.17, 15) is 0 Å². The van der Waals surface area contributed by atoms with E-state index in [-0.39, 0.29) is 0 Å². The molecular weight excluding hydrogens is 749 g/mol. The molecular formula is C56H34N2OS. The number of anilines is 3. The number of fused-ring (bicyclic) bond motifs is 12. The second-order valence-electron chi connectivity index (χ2n) is 15.6. The molecule has 0 fully saturated rings. The van der Waals surface area contributed by atoms with Crippen LogP contribution < -0.4 is 4.90 Å². The highest BCUT2D eigenvalue weighted by molar-refractivity contribution is 7.25. The fraction of sp³-hybridized carbons (Fsp3) is 0. The Morgan fingerprint density at radius 2 is 1.03 bits per heavy atom. The van der Waals surface area contributed by atoms with E-state index in [1.165, 1.54) is 58.1 Å². The molecule has 0 aliphatic rings. The summed E-state index contributed by atoms with van der Waals surface area (Å²) in [6, 6.07) is 75.0. The number of rotatable bonds is 5. The van der Waals surface area contributed by atoms with Gasteiger partial charge in [0, 0.05) is 75.8 Å². The molecule has 0 amide bonds. The van der Waals surface area contributed by atoms with Crippen LogP contribution in [-0.4, -0.2) is 4.57 Å². The van der Waals surface area contributed by atoms with Gasteiger partial charge in [-0.15, -0.1) is 11.3 Å². The second kappa shape index (κ2) is 12.9. The zero-order chi connectivity index (χ0) is 39.3. The summed E-state index contributed by atoms with van der Waals surface area (Å²) in [5, 5.41) is 12.1. The standard InChI is InChI=1S/C56H34N2OS/c1-3-15-35(16-4-1)54-55-44-29-27-39(57(37-18-5-2-6-19-37)38-28-30-53-46(32-38)43-23-12-14-26-52(43)60-53)33-48(44)58(49(55)34-51-56(54)45-24-11-13-25-50(45)59-51)47-31-36-17-7-8-20-40(36)41-21-9-10-22-42(41)47/h1-34H. The molecule has 13 aromatic rings. The lowest BCUT2D eigenvalue weighted by atomic mass is 9.94. The van der Waals surface area contributed by atoms with Crippen LogP contribution in [0.15, 0.2) is 211 Å². The summed E-state index contributed by atoms with van der Waals surface area (Å²) in [6.07, 6.45) is 0. The maximum absolute atomic E-state index is 6.78. The van der Waals surface area contributed by atoms with Crippen molar-refractivity contribution < 1.29 is 4.42 Å². The third-order valence-electron chi connectivity index (χ3n) is 12.3. The van der Waals surface area contributed by atoms with E-state index in [2.05, 4.69) is 216 Å². The van der Waals surface area contributed by atoms with Gasteiger partial charge >= 0.3 is 0 Å². The van der Waals surface area contributed by atoms with Crippen molar-refractivity contribution in [1.82, 2.24) is 4.57 Å². The average molecular weight is 783 g/mol. The predicted octanol–water partition coefficient (Wildman–Crippen LogP) is 16.5. The molecule has 4 heteroatoms. The molecule has 0 unspecified atom stereocenters. The van der Waals surface area contributed by atoms with E-state index in [0.29, 0.717) is 0 Å². The number of hydrogen-bond donors (Lipinski definition) is 0. The number of furan rings is 1. The Labute approximate surface area is 349 Å². The maximum atomic E-state index is 6.78. The minimum Gasteiger partial charge on any atom is -0.456 e. The van der Waals surface area contributed by atoms with E-state index < -0.39 is 0 Å². The Hall–Kier alpha value is -7.66. The van der Waals surface area contributed by atoms with Crippen LogP contribution in [0, 0.1) is 0 Å². The summed E-state index contributed by atoms with van der Waals surface area (Å²) < 4.78 is 11.9. The summed E-state index contributed by atoms with van der Waals surface area (Å²) in [4.78, 5) is 2.41. The van der Waals surface area contributed by atoms with Crippen LogP contribution in [-0.2, 0) is 0 Å². The molecule has 280 valence electrons. The van der Waals surface area contributed by atoms with E-state index in [1.54, 1.807) is 0 Å². The number of para-hydroxylation sites is 2. The molecule has 3 aromatic heterocycles. The van der Waals surface area contributed by atoms with Gasteiger partial charge in [0.2, 0.25) is 0 Å². The van der Waals surface area contributed by atoms with Crippen molar-refractivity contribution in [1.29, 1.82) is 0 Å². The van der Waals surface area contributed by atoms with Crippen molar-refractivity contribution in [2.24, 2.45) is 0 Å². The molecule has 10 aromatic carbocycles. The normalized spacial score (nSPS) is 12.0. The van der Waals surface area contributed by atoms with Crippen molar-refractivity contribution in [2.45, 2.75) is 0 Å². The van der Waals surface area contributed by atoms with Crippen molar-refractivity contribution in [2.75, 3.05) is 4.90 Å². The van der Waals surface area contributed by atoms with Gasteiger partial charge in [-0.3, -0.25) is 0 Å². The number of thiophene rings is 1. The topological polar surface area (TPSA) is 21.3 Å². The molecule has 60 heavy (non-hydrogen) atoms. The van der Waals surface area contributed by atoms with Gasteiger partial charge in [0.25, 0.3) is 0 Å². The summed E-state index contributed by atoms with van der Waals surface area (Å²) in [5.74, 6) is 0. The van der Waals surface area contributed by atoms with E-state index in [1.807, 2.05) is 11.3 Å². The van der Waals surface area contributed by atoms with Gasteiger partial charge in [-0.2, -0.15) is 0 Å². The van der Waals surface area contributed by atoms with Gasteiger partial charge in [-0.05, 0) is 82.4 Å². The Balaban J connectivity index is 1.19. The third kappa shape index (κ3) is 4.89. The van der Waals surface area contributed by atoms with Gasteiger partial charge in [-0.25, -0.2) is 0 Å². The lowest BCUT2D eigenvalue weighted by Gasteiger charge is -2.26. The number of aromatic nitrogens is 1. The first-order valence-electron chi connectivity index (χ1n) is 20.4. The van der Waals surface area contributed by atoms with Gasteiger partial charge in [0.1, 0.15) is 11.2 Å². The zero-order valence-electron chi connectivity index (χ0n) is 32.3. The van der Waals surface area contributed by atoms with E-state index in [4.69, 9.17) is 4.42 Å². The lowest BCUT2D eigenvalue weighted by molar-refractivity contribution is 0.669. The molecule has 0 bridgehead atoms. The molecule has 0 N–H and O–H groups in total. The first-order chi connectivity index (χ1) is 29.8. The molecule has 0 radical (unpaired) electrons. The Morgan fingerprint density at radius 1 is 0.383 bits per heavy atom. The smallest absolute Gasteiger partial charge is 0.138 e. The summed E-state index contributed by atoms with van der Waals surface area (Å²) in [7, 11) is 0. The van der Waals surface area contributed by atoms with Gasteiger partial charge < -0.3 is 13.9 Å². The average Bonchev–Trinajstić information content (AvgIpc) is 3.98. The summed E-state index contributed by atoms with van der Waals surface area (Å²) in [6.45, 7) is 0. The number of hydrogen-bond acceptors (Lipinski definition) is 3. The van der Waals surface area contributed by atoms with Crippen LogP contribution in [0.2, 0.25) is 0 Å². The quantitative estimate of drug-likeness (QED) is 0.162. The molecule has 0 aliphatic carbocycles. The molecule has 0 saturated carbocycles. The van der Waals surface area contributed by atoms with Crippen molar-refractivity contribution in [3.63, 3.8) is 0 Å². The number of nitrogens with zero attached hydrogens (tertiary/aromatic N) is 2. The third-order valence-corrected chi connectivity index (χ3v) is 13.5. The lowest BCUT2D eigenvalue weighted by Crippen LogP contribution is -2.10. The summed E-state index contributed by atoms with van der Waals surface area (Å²) >= 11 is 1.85. The van der Waals surface area contributed by atoms with Crippen LogP contribution in [0.4, 0.5) is 17.1 Å². The fourth-order valence-electron chi connectivity index (χ4n) is 9.76. The van der Waals surface area contributed by atoms with Gasteiger partial charge in [-0.1, -0.05) is 140 Å². The summed E-state index contributed by atoms with van der Waals surface area (Å²) in [5.41, 5.74) is 10.8. The molecule has 3 heterocycles. The Morgan fingerprint density at radius 3 is 1.88 bits per heavy atom. The van der Waals surface area contributed by atoms with Crippen molar-refractivity contribution in [3.05, 3.63) is 206 Å². The SMILES string of the molecule is c1ccc(-c2c3c(cc4c2c2ccc(N(c5ccccc5)c5ccc6sc7ccccc7c6c5)cc2n4-c2cc4ccccc4c4ccccc24)oc2ccccc23)cc1. The molecule has 13 rings (SSSR count). The molecule has 3 nitrogen and oxygen atoms in total. The fourth-order valence-corrected chi connectivity index (χ4v) is 10.8. The molecule has 0 spiro atoms. The van der Waals surface area contributed by atoms with E-state index in [0.717, 1.165) is 61.3 Å². The van der Waals surface area contributed by atoms with Gasteiger partial charge in [0.05, 0.1) is 16.7 Å². The van der Waals surface area contributed by atoms with Crippen molar-refractivity contribution >= 4 is 114 Å². The Kier molecular flexibility index (Phi) is 7.18. The molecule has 0 aliphatic heterocycles. The first-order valence-corrected chi connectivity index (χ1v) is 21.2. The largest absolute Gasteiger partial charge is 0.456 e.